The maximum absolute atomic E-state index is 13.2. The van der Waals surface area contributed by atoms with Crippen LogP contribution >= 0.6 is 0 Å². The van der Waals surface area contributed by atoms with Crippen LogP contribution in [0.2, 0.25) is 0 Å². The van der Waals surface area contributed by atoms with Crippen molar-refractivity contribution in [3.63, 3.8) is 0 Å². The zero-order valence-electron chi connectivity index (χ0n) is 14.2. The summed E-state index contributed by atoms with van der Waals surface area (Å²) in [7, 11) is 0. The number of carbonyl (C=O) groups excluding carboxylic acids is 2. The highest BCUT2D eigenvalue weighted by molar-refractivity contribution is 6.12. The number of carbonyl (C=O) groups is 2. The number of nitrogens with zero attached hydrogens (tertiary/aromatic N) is 1. The highest BCUT2D eigenvalue weighted by Crippen LogP contribution is 2.37. The molecule has 1 aliphatic rings. The van der Waals surface area contributed by atoms with Crippen molar-refractivity contribution in [2.24, 2.45) is 5.41 Å². The summed E-state index contributed by atoms with van der Waals surface area (Å²) in [4.78, 5) is 25.9. The number of halogens is 1. The summed E-state index contributed by atoms with van der Waals surface area (Å²) in [5.41, 5.74) is 2.97. The summed E-state index contributed by atoms with van der Waals surface area (Å²) < 4.78 is 15.1. The van der Waals surface area contributed by atoms with Crippen LogP contribution in [0.1, 0.15) is 52.2 Å². The fourth-order valence-electron chi connectivity index (χ4n) is 3.71. The lowest BCUT2D eigenvalue weighted by Crippen LogP contribution is -2.30. The second-order valence-corrected chi connectivity index (χ2v) is 7.47. The van der Waals surface area contributed by atoms with Crippen molar-refractivity contribution < 1.29 is 14.0 Å². The van der Waals surface area contributed by atoms with Crippen molar-refractivity contribution in [1.29, 1.82) is 0 Å². The molecule has 0 fully saturated rings. The summed E-state index contributed by atoms with van der Waals surface area (Å²) >= 11 is 0. The van der Waals surface area contributed by atoms with Gasteiger partial charge < -0.3 is 4.40 Å². The van der Waals surface area contributed by atoms with Gasteiger partial charge in [0, 0.05) is 29.3 Å². The number of ketones is 2. The maximum Gasteiger partial charge on any atom is 0.210 e. The van der Waals surface area contributed by atoms with Gasteiger partial charge in [-0.2, -0.15) is 0 Å². The van der Waals surface area contributed by atoms with Crippen LogP contribution in [0, 0.1) is 11.2 Å². The molecule has 1 aromatic carbocycles. The van der Waals surface area contributed by atoms with Gasteiger partial charge in [0.2, 0.25) is 5.78 Å². The van der Waals surface area contributed by atoms with E-state index in [-0.39, 0.29) is 22.8 Å². The molecule has 2 heterocycles. The fourth-order valence-corrected chi connectivity index (χ4v) is 3.71. The van der Waals surface area contributed by atoms with Gasteiger partial charge in [-0.3, -0.25) is 9.59 Å². The van der Waals surface area contributed by atoms with Crippen LogP contribution in [0.5, 0.6) is 0 Å². The van der Waals surface area contributed by atoms with E-state index < -0.39 is 0 Å². The second-order valence-electron chi connectivity index (χ2n) is 7.47. The number of pyridine rings is 1. The highest BCUT2D eigenvalue weighted by atomic mass is 19.1. The Balaban J connectivity index is 1.99. The van der Waals surface area contributed by atoms with E-state index in [9.17, 15) is 14.0 Å². The first-order valence-electron chi connectivity index (χ1n) is 8.32. The standard InChI is InChI=1S/C21H18FNO2/c1-21(2)11-17-16(18(24)12-21)10-15-4-3-9-23(15)19(17)20(25)13-5-7-14(22)8-6-13/h3-10H,11-12H2,1-2H3. The minimum absolute atomic E-state index is 0.0723. The van der Waals surface area contributed by atoms with Gasteiger partial charge >= 0.3 is 0 Å². The largest absolute Gasteiger partial charge is 0.313 e. The number of hydrogen-bond donors (Lipinski definition) is 0. The van der Waals surface area contributed by atoms with E-state index in [0.717, 1.165) is 11.1 Å². The van der Waals surface area contributed by atoms with Gasteiger partial charge in [-0.05, 0) is 59.9 Å². The van der Waals surface area contributed by atoms with Gasteiger partial charge in [0.15, 0.2) is 5.78 Å². The number of benzene rings is 1. The molecule has 0 radical (unpaired) electrons. The summed E-state index contributed by atoms with van der Waals surface area (Å²) in [6.07, 6.45) is 2.96. The Morgan fingerprint density at radius 2 is 1.84 bits per heavy atom. The summed E-state index contributed by atoms with van der Waals surface area (Å²) in [6, 6.07) is 11.2. The summed E-state index contributed by atoms with van der Waals surface area (Å²) in [6.45, 7) is 4.08. The van der Waals surface area contributed by atoms with Gasteiger partial charge in [0.25, 0.3) is 0 Å². The van der Waals surface area contributed by atoms with Gasteiger partial charge in [-0.25, -0.2) is 4.39 Å². The lowest BCUT2D eigenvalue weighted by Gasteiger charge is -2.31. The monoisotopic (exact) mass is 335 g/mol. The van der Waals surface area contributed by atoms with E-state index in [1.165, 1.54) is 24.3 Å². The van der Waals surface area contributed by atoms with Crippen LogP contribution in [0.3, 0.4) is 0 Å². The molecular formula is C21H18FNO2. The lowest BCUT2D eigenvalue weighted by atomic mass is 9.72. The summed E-state index contributed by atoms with van der Waals surface area (Å²) in [5, 5.41) is 0. The van der Waals surface area contributed by atoms with Crippen LogP contribution < -0.4 is 0 Å². The van der Waals surface area contributed by atoms with E-state index in [1.807, 2.05) is 42.6 Å². The molecule has 0 spiro atoms. The second kappa shape index (κ2) is 5.38. The number of hydrogen-bond acceptors (Lipinski definition) is 2. The molecule has 1 aliphatic carbocycles. The van der Waals surface area contributed by atoms with Crippen molar-refractivity contribution in [2.45, 2.75) is 26.7 Å². The highest BCUT2D eigenvalue weighted by Gasteiger charge is 2.35. The first kappa shape index (κ1) is 15.8. The van der Waals surface area contributed by atoms with Crippen molar-refractivity contribution in [3.05, 3.63) is 76.9 Å². The van der Waals surface area contributed by atoms with Crippen LogP contribution in [-0.4, -0.2) is 16.0 Å². The molecule has 0 amide bonds. The molecule has 2 aromatic heterocycles. The maximum atomic E-state index is 13.2. The van der Waals surface area contributed by atoms with E-state index in [4.69, 9.17) is 0 Å². The molecule has 0 saturated heterocycles. The first-order chi connectivity index (χ1) is 11.9. The van der Waals surface area contributed by atoms with E-state index in [1.54, 1.807) is 0 Å². The van der Waals surface area contributed by atoms with Gasteiger partial charge in [-0.15, -0.1) is 0 Å². The van der Waals surface area contributed by atoms with E-state index in [0.29, 0.717) is 29.7 Å². The minimum atomic E-state index is -0.380. The Morgan fingerprint density at radius 3 is 2.56 bits per heavy atom. The molecular weight excluding hydrogens is 317 g/mol. The van der Waals surface area contributed by atoms with Crippen LogP contribution in [0.15, 0.2) is 48.7 Å². The molecule has 126 valence electrons. The molecule has 3 aromatic rings. The Hall–Kier alpha value is -2.75. The average molecular weight is 335 g/mol. The zero-order chi connectivity index (χ0) is 17.8. The lowest BCUT2D eigenvalue weighted by molar-refractivity contribution is 0.0911. The van der Waals surface area contributed by atoms with Crippen molar-refractivity contribution in [2.75, 3.05) is 0 Å². The predicted molar refractivity (Wildman–Crippen MR) is 93.7 cm³/mol. The van der Waals surface area contributed by atoms with Crippen LogP contribution in [-0.2, 0) is 6.42 Å². The molecule has 3 nitrogen and oxygen atoms in total. The number of Topliss-reactive ketones (excluding diaryl/α,β-unsaturated/α-hetero) is 1. The average Bonchev–Trinajstić information content (AvgIpc) is 3.00. The SMILES string of the molecule is CC1(C)CC(=O)c2cc3cccn3c(C(=O)c3ccc(F)cc3)c2C1. The quantitative estimate of drug-likeness (QED) is 0.648. The molecule has 4 rings (SSSR count). The Labute approximate surface area is 145 Å². The summed E-state index contributed by atoms with van der Waals surface area (Å²) in [5.74, 6) is -0.499. The molecule has 0 saturated carbocycles. The van der Waals surface area contributed by atoms with Crippen molar-refractivity contribution in [1.82, 2.24) is 4.40 Å². The van der Waals surface area contributed by atoms with Gasteiger partial charge in [0.05, 0.1) is 5.69 Å². The topological polar surface area (TPSA) is 38.5 Å². The van der Waals surface area contributed by atoms with Crippen molar-refractivity contribution >= 4 is 17.1 Å². The smallest absolute Gasteiger partial charge is 0.210 e. The zero-order valence-corrected chi connectivity index (χ0v) is 14.2. The number of aromatic nitrogens is 1. The normalized spacial score (nSPS) is 16.0. The third-order valence-electron chi connectivity index (χ3n) is 4.84. The predicted octanol–water partition coefficient (Wildman–Crippen LogP) is 4.46. The Kier molecular flexibility index (Phi) is 3.39. The molecule has 25 heavy (non-hydrogen) atoms. The fraction of sp³-hybridized carbons (Fsp3) is 0.238. The molecule has 4 heteroatoms. The number of rotatable bonds is 2. The van der Waals surface area contributed by atoms with Crippen LogP contribution in [0.4, 0.5) is 4.39 Å². The Morgan fingerprint density at radius 1 is 1.12 bits per heavy atom. The third-order valence-corrected chi connectivity index (χ3v) is 4.84. The van der Waals surface area contributed by atoms with Gasteiger partial charge in [0.1, 0.15) is 5.82 Å². The molecule has 0 unspecified atom stereocenters. The van der Waals surface area contributed by atoms with Gasteiger partial charge in [-0.1, -0.05) is 13.8 Å². The molecule has 0 bridgehead atoms. The minimum Gasteiger partial charge on any atom is -0.313 e. The first-order valence-corrected chi connectivity index (χ1v) is 8.32. The van der Waals surface area contributed by atoms with Crippen LogP contribution in [0.25, 0.3) is 5.52 Å². The Bertz CT molecular complexity index is 1010. The molecule has 0 atom stereocenters. The van der Waals surface area contributed by atoms with Crippen molar-refractivity contribution in [3.8, 4) is 0 Å². The number of fused-ring (bicyclic) bond motifs is 2. The van der Waals surface area contributed by atoms with E-state index in [2.05, 4.69) is 0 Å². The van der Waals surface area contributed by atoms with E-state index >= 15 is 0 Å². The molecule has 0 N–H and O–H groups in total. The molecule has 0 aliphatic heterocycles. The third kappa shape index (κ3) is 2.58.